The molecule has 3 nitrogen and oxygen atoms in total. The van der Waals surface area contributed by atoms with E-state index in [4.69, 9.17) is 4.74 Å². The summed E-state index contributed by atoms with van der Waals surface area (Å²) in [6.07, 6.45) is 0. The number of ketones is 1. The molecule has 132 valence electrons. The first-order valence-corrected chi connectivity index (χ1v) is 8.73. The Hall–Kier alpha value is -2.91. The van der Waals surface area contributed by atoms with E-state index in [1.165, 1.54) is 0 Å². The van der Waals surface area contributed by atoms with Crippen LogP contribution in [0.5, 0.6) is 5.75 Å². The Morgan fingerprint density at radius 2 is 1.50 bits per heavy atom. The number of rotatable bonds is 8. The summed E-state index contributed by atoms with van der Waals surface area (Å²) in [5, 5.41) is 0. The molecule has 0 saturated carbocycles. The second-order valence-electron chi connectivity index (χ2n) is 6.38. The van der Waals surface area contributed by atoms with Gasteiger partial charge in [-0.15, -0.1) is 0 Å². The summed E-state index contributed by atoms with van der Waals surface area (Å²) in [4.78, 5) is 14.3. The van der Waals surface area contributed by atoms with E-state index >= 15 is 0 Å². The number of likely N-dealkylation sites (N-methyl/N-ethyl adjacent to an activating group) is 1. The molecule has 0 N–H and O–H groups in total. The molecular weight excluding hydrogens is 322 g/mol. The predicted octanol–water partition coefficient (Wildman–Crippen LogP) is 4.58. The van der Waals surface area contributed by atoms with Gasteiger partial charge in [-0.2, -0.15) is 0 Å². The van der Waals surface area contributed by atoms with Crippen molar-refractivity contribution < 1.29 is 9.53 Å². The molecule has 0 bridgehead atoms. The van der Waals surface area contributed by atoms with Crippen molar-refractivity contribution in [3.8, 4) is 5.75 Å². The molecule has 0 radical (unpaired) electrons. The van der Waals surface area contributed by atoms with Crippen LogP contribution >= 0.6 is 0 Å². The van der Waals surface area contributed by atoms with Gasteiger partial charge in [0, 0.05) is 12.1 Å². The van der Waals surface area contributed by atoms with Crippen LogP contribution in [-0.4, -0.2) is 24.3 Å². The zero-order chi connectivity index (χ0) is 18.2. The maximum atomic E-state index is 12.3. The molecule has 0 aliphatic rings. The van der Waals surface area contributed by atoms with Crippen LogP contribution < -0.4 is 4.74 Å². The van der Waals surface area contributed by atoms with Gasteiger partial charge in [-0.1, -0.05) is 72.8 Å². The van der Waals surface area contributed by atoms with Crippen molar-refractivity contribution in [1.82, 2.24) is 4.90 Å². The number of hydrogen-bond donors (Lipinski definition) is 0. The lowest BCUT2D eigenvalue weighted by molar-refractivity contribution is 0.0943. The minimum absolute atomic E-state index is 0.129. The third-order valence-electron chi connectivity index (χ3n) is 4.11. The number of carbonyl (C=O) groups is 1. The molecule has 0 aliphatic carbocycles. The summed E-state index contributed by atoms with van der Waals surface area (Å²) in [5.74, 6) is 0.971. The van der Waals surface area contributed by atoms with E-state index in [0.717, 1.165) is 22.4 Å². The zero-order valence-electron chi connectivity index (χ0n) is 15.0. The van der Waals surface area contributed by atoms with Crippen LogP contribution in [-0.2, 0) is 13.2 Å². The van der Waals surface area contributed by atoms with Crippen molar-refractivity contribution in [2.24, 2.45) is 0 Å². The van der Waals surface area contributed by atoms with Crippen molar-refractivity contribution in [3.63, 3.8) is 0 Å². The average molecular weight is 345 g/mol. The first kappa shape index (κ1) is 17.9. The second kappa shape index (κ2) is 8.97. The summed E-state index contributed by atoms with van der Waals surface area (Å²) >= 11 is 0. The van der Waals surface area contributed by atoms with Gasteiger partial charge < -0.3 is 4.74 Å². The molecule has 0 heterocycles. The third kappa shape index (κ3) is 5.30. The molecule has 3 aromatic carbocycles. The molecule has 0 fully saturated rings. The van der Waals surface area contributed by atoms with Crippen LogP contribution in [0.15, 0.2) is 84.9 Å². The van der Waals surface area contributed by atoms with Gasteiger partial charge in [0.2, 0.25) is 0 Å². The Bertz CT molecular complexity index is 831. The lowest BCUT2D eigenvalue weighted by Gasteiger charge is -2.16. The maximum absolute atomic E-state index is 12.3. The molecule has 0 amide bonds. The normalized spacial score (nSPS) is 10.7. The minimum Gasteiger partial charge on any atom is -0.489 e. The summed E-state index contributed by atoms with van der Waals surface area (Å²) < 4.78 is 5.88. The van der Waals surface area contributed by atoms with Gasteiger partial charge >= 0.3 is 0 Å². The van der Waals surface area contributed by atoms with E-state index in [9.17, 15) is 4.79 Å². The third-order valence-corrected chi connectivity index (χ3v) is 4.11. The lowest BCUT2D eigenvalue weighted by atomic mass is 10.1. The number of hydrogen-bond acceptors (Lipinski definition) is 3. The fourth-order valence-corrected chi connectivity index (χ4v) is 2.80. The average Bonchev–Trinajstić information content (AvgIpc) is 2.68. The second-order valence-corrected chi connectivity index (χ2v) is 6.38. The van der Waals surface area contributed by atoms with Crippen LogP contribution in [0.3, 0.4) is 0 Å². The molecule has 26 heavy (non-hydrogen) atoms. The molecular formula is C23H23NO2. The van der Waals surface area contributed by atoms with Gasteiger partial charge in [0.05, 0.1) is 6.54 Å². The van der Waals surface area contributed by atoms with Gasteiger partial charge in [0.15, 0.2) is 5.78 Å². The van der Waals surface area contributed by atoms with Gasteiger partial charge in [0.25, 0.3) is 0 Å². The quantitative estimate of drug-likeness (QED) is 0.560. The Labute approximate surface area is 154 Å². The SMILES string of the molecule is CN(CC(=O)c1ccccc1)Cc1cccc(OCc2ccccc2)c1. The largest absolute Gasteiger partial charge is 0.489 e. The van der Waals surface area contributed by atoms with Crippen LogP contribution in [0.2, 0.25) is 0 Å². The number of benzene rings is 3. The van der Waals surface area contributed by atoms with Crippen LogP contribution in [0.25, 0.3) is 0 Å². The summed E-state index contributed by atoms with van der Waals surface area (Å²) in [5.41, 5.74) is 3.02. The Morgan fingerprint density at radius 1 is 0.846 bits per heavy atom. The predicted molar refractivity (Wildman–Crippen MR) is 104 cm³/mol. The summed E-state index contributed by atoms with van der Waals surface area (Å²) in [6, 6.07) is 27.6. The molecule has 0 aromatic heterocycles. The Kier molecular flexibility index (Phi) is 6.18. The van der Waals surface area contributed by atoms with Crippen molar-refractivity contribution in [2.45, 2.75) is 13.2 Å². The highest BCUT2D eigenvalue weighted by Crippen LogP contribution is 2.16. The molecule has 3 aromatic rings. The number of ether oxygens (including phenoxy) is 1. The molecule has 3 heteroatoms. The molecule has 0 saturated heterocycles. The number of carbonyl (C=O) groups excluding carboxylic acids is 1. The molecule has 0 aliphatic heterocycles. The minimum atomic E-state index is 0.129. The van der Waals surface area contributed by atoms with E-state index < -0.39 is 0 Å². The number of nitrogens with zero attached hydrogens (tertiary/aromatic N) is 1. The van der Waals surface area contributed by atoms with E-state index in [1.807, 2.05) is 90.8 Å². The highest BCUT2D eigenvalue weighted by Gasteiger charge is 2.09. The fraction of sp³-hybridized carbons (Fsp3) is 0.174. The smallest absolute Gasteiger partial charge is 0.176 e. The van der Waals surface area contributed by atoms with E-state index in [0.29, 0.717) is 19.7 Å². The zero-order valence-corrected chi connectivity index (χ0v) is 15.0. The van der Waals surface area contributed by atoms with Crippen molar-refractivity contribution in [2.75, 3.05) is 13.6 Å². The van der Waals surface area contributed by atoms with E-state index in [-0.39, 0.29) is 5.78 Å². The monoisotopic (exact) mass is 345 g/mol. The maximum Gasteiger partial charge on any atom is 0.176 e. The van der Waals surface area contributed by atoms with Gasteiger partial charge in [-0.3, -0.25) is 9.69 Å². The highest BCUT2D eigenvalue weighted by atomic mass is 16.5. The first-order valence-electron chi connectivity index (χ1n) is 8.73. The number of Topliss-reactive ketones (excluding diaryl/α,β-unsaturated/α-hetero) is 1. The van der Waals surface area contributed by atoms with Crippen molar-refractivity contribution >= 4 is 5.78 Å². The fourth-order valence-electron chi connectivity index (χ4n) is 2.80. The first-order chi connectivity index (χ1) is 12.7. The van der Waals surface area contributed by atoms with E-state index in [1.54, 1.807) is 0 Å². The van der Waals surface area contributed by atoms with Gasteiger partial charge in [0.1, 0.15) is 12.4 Å². The standard InChI is InChI=1S/C23H23NO2/c1-24(17-23(25)21-12-6-3-7-13-21)16-20-11-8-14-22(15-20)26-18-19-9-4-2-5-10-19/h2-15H,16-18H2,1H3. The van der Waals surface area contributed by atoms with Gasteiger partial charge in [-0.05, 0) is 30.3 Å². The van der Waals surface area contributed by atoms with Crippen molar-refractivity contribution in [3.05, 3.63) is 102 Å². The summed E-state index contributed by atoms with van der Waals surface area (Å²) in [6.45, 7) is 1.63. The highest BCUT2D eigenvalue weighted by molar-refractivity contribution is 5.97. The molecule has 0 unspecified atom stereocenters. The molecule has 0 atom stereocenters. The lowest BCUT2D eigenvalue weighted by Crippen LogP contribution is -2.25. The van der Waals surface area contributed by atoms with E-state index in [2.05, 4.69) is 6.07 Å². The van der Waals surface area contributed by atoms with Crippen LogP contribution in [0.4, 0.5) is 0 Å². The topological polar surface area (TPSA) is 29.5 Å². The summed E-state index contributed by atoms with van der Waals surface area (Å²) in [7, 11) is 1.96. The Balaban J connectivity index is 1.55. The van der Waals surface area contributed by atoms with Crippen LogP contribution in [0.1, 0.15) is 21.5 Å². The van der Waals surface area contributed by atoms with Crippen molar-refractivity contribution in [1.29, 1.82) is 0 Å². The molecule has 0 spiro atoms. The Morgan fingerprint density at radius 3 is 2.23 bits per heavy atom. The van der Waals surface area contributed by atoms with Crippen LogP contribution in [0, 0.1) is 0 Å². The molecule has 3 rings (SSSR count). The van der Waals surface area contributed by atoms with Gasteiger partial charge in [-0.25, -0.2) is 0 Å².